The molecule has 0 aromatic carbocycles. The molecule has 1 heterocycles. The first-order valence-corrected chi connectivity index (χ1v) is 5.91. The van der Waals surface area contributed by atoms with Gasteiger partial charge in [-0.2, -0.15) is 13.2 Å². The van der Waals surface area contributed by atoms with E-state index in [9.17, 15) is 18.0 Å². The van der Waals surface area contributed by atoms with Crippen molar-refractivity contribution < 1.29 is 22.7 Å². The molecule has 1 aliphatic rings. The summed E-state index contributed by atoms with van der Waals surface area (Å²) in [6, 6.07) is 0. The van der Waals surface area contributed by atoms with Crippen LogP contribution in [0, 0.1) is 11.8 Å². The summed E-state index contributed by atoms with van der Waals surface area (Å²) in [6.45, 7) is 1.86. The van der Waals surface area contributed by atoms with E-state index in [-0.39, 0.29) is 25.6 Å². The van der Waals surface area contributed by atoms with Gasteiger partial charge in [0.1, 0.15) is 5.88 Å². The second-order valence-corrected chi connectivity index (χ2v) is 4.27. The number of nitrogens with zero attached hydrogens (tertiary/aromatic N) is 1. The van der Waals surface area contributed by atoms with E-state index >= 15 is 0 Å². The average Bonchev–Trinajstić information content (AvgIpc) is 2.69. The highest BCUT2D eigenvalue weighted by Gasteiger charge is 2.50. The molecule has 100 valence electrons. The lowest BCUT2D eigenvalue weighted by molar-refractivity contribution is -0.184. The van der Waals surface area contributed by atoms with E-state index in [1.807, 2.05) is 0 Å². The van der Waals surface area contributed by atoms with Gasteiger partial charge in [-0.25, -0.2) is 0 Å². The van der Waals surface area contributed by atoms with Crippen LogP contribution in [0.15, 0.2) is 0 Å². The molecule has 0 N–H and O–H groups in total. The van der Waals surface area contributed by atoms with Crippen LogP contribution in [-0.2, 0) is 9.53 Å². The summed E-state index contributed by atoms with van der Waals surface area (Å²) in [5, 5.41) is 0. The molecule has 0 saturated carbocycles. The van der Waals surface area contributed by atoms with Gasteiger partial charge in [-0.05, 0) is 6.92 Å². The molecule has 17 heavy (non-hydrogen) atoms. The van der Waals surface area contributed by atoms with E-state index < -0.39 is 23.9 Å². The fourth-order valence-electron chi connectivity index (χ4n) is 1.97. The molecule has 0 aromatic rings. The summed E-state index contributed by atoms with van der Waals surface area (Å²) in [6.07, 6.45) is -4.30. The van der Waals surface area contributed by atoms with Crippen molar-refractivity contribution in [2.75, 3.05) is 32.2 Å². The molecule has 0 aliphatic carbocycles. The first kappa shape index (κ1) is 14.6. The summed E-state index contributed by atoms with van der Waals surface area (Å²) in [7, 11) is 0. The lowest BCUT2D eigenvalue weighted by Crippen LogP contribution is -2.33. The lowest BCUT2D eigenvalue weighted by atomic mass is 9.96. The van der Waals surface area contributed by atoms with Crippen LogP contribution >= 0.6 is 11.6 Å². The van der Waals surface area contributed by atoms with Gasteiger partial charge in [0.05, 0.1) is 12.5 Å². The van der Waals surface area contributed by atoms with Gasteiger partial charge in [0.2, 0.25) is 5.91 Å². The van der Waals surface area contributed by atoms with Crippen LogP contribution in [-0.4, -0.2) is 49.2 Å². The molecule has 1 fully saturated rings. The minimum Gasteiger partial charge on any atom is -0.381 e. The van der Waals surface area contributed by atoms with Crippen LogP contribution < -0.4 is 0 Å². The molecule has 0 bridgehead atoms. The molecule has 0 spiro atoms. The maximum Gasteiger partial charge on any atom is 0.393 e. The Labute approximate surface area is 103 Å². The Hall–Kier alpha value is -0.490. The third-order valence-electron chi connectivity index (χ3n) is 2.86. The summed E-state index contributed by atoms with van der Waals surface area (Å²) in [4.78, 5) is 12.5. The molecule has 0 unspecified atom stereocenters. The Morgan fingerprint density at radius 2 is 2.12 bits per heavy atom. The first-order valence-electron chi connectivity index (χ1n) is 5.38. The summed E-state index contributed by atoms with van der Waals surface area (Å²) in [5.74, 6) is -2.95. The number of likely N-dealkylation sites (tertiary alicyclic amines) is 1. The van der Waals surface area contributed by atoms with Crippen LogP contribution in [0.4, 0.5) is 13.2 Å². The molecule has 7 heteroatoms. The van der Waals surface area contributed by atoms with Gasteiger partial charge in [-0.3, -0.25) is 4.79 Å². The van der Waals surface area contributed by atoms with Crippen LogP contribution in [0.1, 0.15) is 6.92 Å². The predicted octanol–water partition coefficient (Wildman–Crippen LogP) is 1.90. The van der Waals surface area contributed by atoms with E-state index in [2.05, 4.69) is 0 Å². The van der Waals surface area contributed by atoms with Crippen molar-refractivity contribution in [2.24, 2.45) is 11.8 Å². The zero-order valence-corrected chi connectivity index (χ0v) is 10.2. The number of amides is 1. The average molecular weight is 274 g/mol. The maximum absolute atomic E-state index is 12.8. The second kappa shape index (κ2) is 5.91. The van der Waals surface area contributed by atoms with Gasteiger partial charge in [0, 0.05) is 25.6 Å². The Morgan fingerprint density at radius 1 is 1.47 bits per heavy atom. The van der Waals surface area contributed by atoms with Gasteiger partial charge in [-0.15, -0.1) is 11.6 Å². The van der Waals surface area contributed by atoms with E-state index in [0.717, 1.165) is 4.90 Å². The maximum atomic E-state index is 12.8. The van der Waals surface area contributed by atoms with Gasteiger partial charge in [-0.1, -0.05) is 0 Å². The number of hydrogen-bond donors (Lipinski definition) is 0. The fourth-order valence-corrected chi connectivity index (χ4v) is 2.14. The number of carbonyl (C=O) groups excluding carboxylic acids is 1. The van der Waals surface area contributed by atoms with Crippen molar-refractivity contribution in [1.29, 1.82) is 0 Å². The number of alkyl halides is 4. The van der Waals surface area contributed by atoms with E-state index in [4.69, 9.17) is 16.3 Å². The number of rotatable bonds is 4. The van der Waals surface area contributed by atoms with Crippen LogP contribution in [0.3, 0.4) is 0 Å². The molecular formula is C10H15ClF3NO2. The molecule has 0 radical (unpaired) electrons. The van der Waals surface area contributed by atoms with E-state index in [1.165, 1.54) is 0 Å². The SMILES string of the molecule is CCOC[C@@H]1CN(C(=O)CCl)C[C@H]1C(F)(F)F. The Morgan fingerprint density at radius 3 is 2.59 bits per heavy atom. The molecule has 1 rings (SSSR count). The molecule has 1 saturated heterocycles. The highest BCUT2D eigenvalue weighted by atomic mass is 35.5. The standard InChI is InChI=1S/C10H15ClF3NO2/c1-2-17-6-7-4-15(9(16)3-11)5-8(7)10(12,13)14/h7-8H,2-6H2,1H3/t7-,8+/m0/s1. The van der Waals surface area contributed by atoms with Crippen LogP contribution in [0.25, 0.3) is 0 Å². The van der Waals surface area contributed by atoms with Crippen molar-refractivity contribution in [3.8, 4) is 0 Å². The monoisotopic (exact) mass is 273 g/mol. The number of halogens is 4. The van der Waals surface area contributed by atoms with Crippen molar-refractivity contribution in [3.05, 3.63) is 0 Å². The molecule has 0 aromatic heterocycles. The minimum atomic E-state index is -4.30. The third kappa shape index (κ3) is 3.74. The minimum absolute atomic E-state index is 0.0206. The van der Waals surface area contributed by atoms with Crippen molar-refractivity contribution in [2.45, 2.75) is 13.1 Å². The molecule has 3 nitrogen and oxygen atoms in total. The highest BCUT2D eigenvalue weighted by Crippen LogP contribution is 2.37. The van der Waals surface area contributed by atoms with Crippen molar-refractivity contribution in [3.63, 3.8) is 0 Å². The fraction of sp³-hybridized carbons (Fsp3) is 0.900. The molecule has 1 amide bonds. The number of hydrogen-bond acceptors (Lipinski definition) is 2. The molecule has 2 atom stereocenters. The van der Waals surface area contributed by atoms with E-state index in [1.54, 1.807) is 6.92 Å². The summed E-state index contributed by atoms with van der Waals surface area (Å²) < 4.78 is 43.3. The third-order valence-corrected chi connectivity index (χ3v) is 3.09. The lowest BCUT2D eigenvalue weighted by Gasteiger charge is -2.20. The normalized spacial score (nSPS) is 25.4. The van der Waals surface area contributed by atoms with Gasteiger partial charge < -0.3 is 9.64 Å². The second-order valence-electron chi connectivity index (χ2n) is 4.00. The number of carbonyl (C=O) groups is 1. The van der Waals surface area contributed by atoms with Crippen molar-refractivity contribution >= 4 is 17.5 Å². The Balaban J connectivity index is 2.68. The number of ether oxygens (including phenoxy) is 1. The predicted molar refractivity (Wildman–Crippen MR) is 56.8 cm³/mol. The topological polar surface area (TPSA) is 29.5 Å². The van der Waals surface area contributed by atoms with Crippen LogP contribution in [0.2, 0.25) is 0 Å². The highest BCUT2D eigenvalue weighted by molar-refractivity contribution is 6.27. The zero-order chi connectivity index (χ0) is 13.1. The van der Waals surface area contributed by atoms with Crippen LogP contribution in [0.5, 0.6) is 0 Å². The van der Waals surface area contributed by atoms with Gasteiger partial charge >= 0.3 is 6.18 Å². The smallest absolute Gasteiger partial charge is 0.381 e. The van der Waals surface area contributed by atoms with E-state index in [0.29, 0.717) is 6.61 Å². The van der Waals surface area contributed by atoms with Crippen molar-refractivity contribution in [1.82, 2.24) is 4.90 Å². The molecular weight excluding hydrogens is 259 g/mol. The van der Waals surface area contributed by atoms with Gasteiger partial charge in [0.15, 0.2) is 0 Å². The van der Waals surface area contributed by atoms with Gasteiger partial charge in [0.25, 0.3) is 0 Å². The largest absolute Gasteiger partial charge is 0.393 e. The Kier molecular flexibility index (Phi) is 5.06. The Bertz CT molecular complexity index is 273. The summed E-state index contributed by atoms with van der Waals surface area (Å²) in [5.41, 5.74) is 0. The molecule has 1 aliphatic heterocycles. The summed E-state index contributed by atoms with van der Waals surface area (Å²) >= 11 is 5.34. The zero-order valence-electron chi connectivity index (χ0n) is 9.47. The quantitative estimate of drug-likeness (QED) is 0.732. The first-order chi connectivity index (χ1) is 7.90.